The molecule has 0 amide bonds. The number of ether oxygens (including phenoxy) is 6. The average molecular weight is 432 g/mol. The summed E-state index contributed by atoms with van der Waals surface area (Å²) in [6.45, 7) is 9.71. The van der Waals surface area contributed by atoms with E-state index in [-0.39, 0.29) is 45.7 Å². The van der Waals surface area contributed by atoms with Crippen molar-refractivity contribution in [3.8, 4) is 0 Å². The number of aliphatic hydroxyl groups excluding tert-OH is 2. The molecule has 0 aromatic rings. The third-order valence-electron chi connectivity index (χ3n) is 3.85. The Balaban J connectivity index is 2.37. The van der Waals surface area contributed by atoms with Crippen LogP contribution in [0.25, 0.3) is 0 Å². The van der Waals surface area contributed by atoms with Crippen LogP contribution < -0.4 is 0 Å². The molecule has 1 saturated heterocycles. The minimum atomic E-state index is -0.985. The van der Waals surface area contributed by atoms with Crippen LogP contribution >= 0.6 is 0 Å². The van der Waals surface area contributed by atoms with Crippen molar-refractivity contribution in [3.05, 3.63) is 25.3 Å². The second-order valence-corrected chi connectivity index (χ2v) is 7.29. The van der Waals surface area contributed by atoms with Crippen molar-refractivity contribution in [2.45, 2.75) is 25.2 Å². The Labute approximate surface area is 176 Å². The van der Waals surface area contributed by atoms with Gasteiger partial charge in [-0.1, -0.05) is 20.1 Å². The normalized spacial score (nSPS) is 19.2. The highest BCUT2D eigenvalue weighted by Gasteiger charge is 2.29. The first-order chi connectivity index (χ1) is 14.3. The number of rotatable bonds is 18. The van der Waals surface area contributed by atoms with Crippen molar-refractivity contribution >= 4 is 11.9 Å². The van der Waals surface area contributed by atoms with Gasteiger partial charge in [-0.25, -0.2) is 9.59 Å². The summed E-state index contributed by atoms with van der Waals surface area (Å²) in [5.74, 6) is -1.25. The van der Waals surface area contributed by atoms with Gasteiger partial charge in [-0.2, -0.15) is 0 Å². The Bertz CT molecular complexity index is 510. The van der Waals surface area contributed by atoms with E-state index < -0.39 is 29.6 Å². The molecule has 3 unspecified atom stereocenters. The maximum absolute atomic E-state index is 11.0. The molecule has 0 aromatic carbocycles. The molecule has 1 aliphatic rings. The number of carbonyl (C=O) groups is 2. The van der Waals surface area contributed by atoms with Crippen molar-refractivity contribution in [2.75, 3.05) is 59.5 Å². The molecule has 3 atom stereocenters. The monoisotopic (exact) mass is 432 g/mol. The Hall–Kier alpha value is -1.82. The first-order valence-corrected chi connectivity index (χ1v) is 9.57. The van der Waals surface area contributed by atoms with Crippen LogP contribution in [0.1, 0.15) is 6.92 Å². The van der Waals surface area contributed by atoms with Crippen LogP contribution in [0.3, 0.4) is 0 Å². The van der Waals surface area contributed by atoms with Gasteiger partial charge >= 0.3 is 11.9 Å². The van der Waals surface area contributed by atoms with Gasteiger partial charge in [0.15, 0.2) is 0 Å². The maximum Gasteiger partial charge on any atom is 0.330 e. The fourth-order valence-electron chi connectivity index (χ4n) is 2.18. The van der Waals surface area contributed by atoms with Crippen molar-refractivity contribution in [1.82, 2.24) is 0 Å². The number of carbonyl (C=O) groups excluding carboxylic acids is 2. The van der Waals surface area contributed by atoms with E-state index in [0.717, 1.165) is 12.2 Å². The van der Waals surface area contributed by atoms with E-state index in [0.29, 0.717) is 19.8 Å². The van der Waals surface area contributed by atoms with Gasteiger partial charge in [-0.15, -0.1) is 0 Å². The van der Waals surface area contributed by atoms with E-state index in [1.165, 1.54) is 0 Å². The molecule has 0 aliphatic carbocycles. The highest BCUT2D eigenvalue weighted by Crippen LogP contribution is 2.20. The molecule has 0 saturated carbocycles. The summed E-state index contributed by atoms with van der Waals surface area (Å²) in [6, 6.07) is 0. The Morgan fingerprint density at radius 2 is 1.40 bits per heavy atom. The summed E-state index contributed by atoms with van der Waals surface area (Å²) < 4.78 is 31.4. The van der Waals surface area contributed by atoms with Gasteiger partial charge in [-0.3, -0.25) is 0 Å². The van der Waals surface area contributed by atoms with Crippen LogP contribution in [0.5, 0.6) is 0 Å². The fourth-order valence-corrected chi connectivity index (χ4v) is 2.18. The Morgan fingerprint density at radius 3 is 1.80 bits per heavy atom. The second-order valence-electron chi connectivity index (χ2n) is 7.29. The van der Waals surface area contributed by atoms with Crippen molar-refractivity contribution < 1.29 is 48.2 Å². The molecule has 172 valence electrons. The van der Waals surface area contributed by atoms with Crippen molar-refractivity contribution in [3.63, 3.8) is 0 Å². The molecule has 2 N–H and O–H groups in total. The lowest BCUT2D eigenvalue weighted by Gasteiger charge is -2.29. The van der Waals surface area contributed by atoms with Gasteiger partial charge in [-0.05, 0) is 0 Å². The summed E-state index contributed by atoms with van der Waals surface area (Å²) >= 11 is 0. The molecule has 30 heavy (non-hydrogen) atoms. The van der Waals surface area contributed by atoms with Gasteiger partial charge in [0, 0.05) is 17.6 Å². The quantitative estimate of drug-likeness (QED) is 0.168. The minimum Gasteiger partial charge on any atom is -0.460 e. The van der Waals surface area contributed by atoms with Gasteiger partial charge in [0.2, 0.25) is 0 Å². The van der Waals surface area contributed by atoms with Crippen LogP contribution in [-0.4, -0.2) is 99.9 Å². The number of esters is 2. The zero-order valence-corrected chi connectivity index (χ0v) is 17.3. The van der Waals surface area contributed by atoms with Crippen molar-refractivity contribution in [2.24, 2.45) is 5.41 Å². The van der Waals surface area contributed by atoms with Gasteiger partial charge in [0.05, 0.1) is 46.2 Å². The Morgan fingerprint density at radius 1 is 0.967 bits per heavy atom. The van der Waals surface area contributed by atoms with Crippen LogP contribution in [0, 0.1) is 5.41 Å². The summed E-state index contributed by atoms with van der Waals surface area (Å²) in [6.07, 6.45) is 0.159. The summed E-state index contributed by atoms with van der Waals surface area (Å²) in [7, 11) is 0. The maximum atomic E-state index is 11.0. The summed E-state index contributed by atoms with van der Waals surface area (Å²) in [5, 5.41) is 19.6. The molecular formula is C20H32O10. The topological polar surface area (TPSA) is 133 Å². The smallest absolute Gasteiger partial charge is 0.330 e. The van der Waals surface area contributed by atoms with E-state index in [4.69, 9.17) is 28.4 Å². The van der Waals surface area contributed by atoms with Gasteiger partial charge < -0.3 is 38.6 Å². The van der Waals surface area contributed by atoms with Crippen LogP contribution in [0.15, 0.2) is 25.3 Å². The number of hydrogen-bond acceptors (Lipinski definition) is 10. The summed E-state index contributed by atoms with van der Waals surface area (Å²) in [4.78, 5) is 22.0. The molecule has 0 radical (unpaired) electrons. The third kappa shape index (κ3) is 12.7. The standard InChI is InChI=1S/C20H32O10/c1-4-18(23)29-8-15(21)6-25-12-20(3,14-27-10-17-11-28-17)13-26-7-16(22)9-30-19(24)5-2/h4-5,15-17,21-22H,1-2,6-14H2,3H3. The van der Waals surface area contributed by atoms with E-state index in [1.54, 1.807) is 0 Å². The SMILES string of the molecule is C=CC(=O)OCC(O)COCC(C)(COCC(O)COC(=O)C=C)COCC1CO1. The van der Waals surface area contributed by atoms with Crippen LogP contribution in [0.4, 0.5) is 0 Å². The van der Waals surface area contributed by atoms with E-state index in [2.05, 4.69) is 13.2 Å². The first-order valence-electron chi connectivity index (χ1n) is 9.57. The molecule has 0 aromatic heterocycles. The van der Waals surface area contributed by atoms with Gasteiger partial charge in [0.25, 0.3) is 0 Å². The number of hydrogen-bond donors (Lipinski definition) is 2. The minimum absolute atomic E-state index is 0.0497. The Kier molecular flexibility index (Phi) is 12.4. The zero-order chi connectivity index (χ0) is 22.4. The highest BCUT2D eigenvalue weighted by molar-refractivity contribution is 5.81. The number of aliphatic hydroxyl groups is 2. The predicted octanol–water partition coefficient (Wildman–Crippen LogP) is -0.378. The number of epoxide rings is 1. The molecule has 10 nitrogen and oxygen atoms in total. The van der Waals surface area contributed by atoms with Crippen molar-refractivity contribution in [1.29, 1.82) is 0 Å². The zero-order valence-electron chi connectivity index (χ0n) is 17.3. The van der Waals surface area contributed by atoms with E-state index in [1.807, 2.05) is 6.92 Å². The highest BCUT2D eigenvalue weighted by atomic mass is 16.6. The lowest BCUT2D eigenvalue weighted by atomic mass is 9.94. The lowest BCUT2D eigenvalue weighted by molar-refractivity contribution is -0.143. The molecule has 0 spiro atoms. The predicted molar refractivity (Wildman–Crippen MR) is 105 cm³/mol. The molecule has 1 heterocycles. The van der Waals surface area contributed by atoms with E-state index >= 15 is 0 Å². The van der Waals surface area contributed by atoms with Gasteiger partial charge in [0.1, 0.15) is 31.5 Å². The van der Waals surface area contributed by atoms with Crippen LogP contribution in [-0.2, 0) is 38.0 Å². The molecular weight excluding hydrogens is 400 g/mol. The average Bonchev–Trinajstić information content (AvgIpc) is 3.54. The third-order valence-corrected chi connectivity index (χ3v) is 3.85. The molecule has 1 aliphatic heterocycles. The first kappa shape index (κ1) is 26.2. The fraction of sp³-hybridized carbons (Fsp3) is 0.700. The summed E-state index contributed by atoms with van der Waals surface area (Å²) in [5.41, 5.74) is -0.579. The second kappa shape index (κ2) is 14.2. The lowest BCUT2D eigenvalue weighted by Crippen LogP contribution is -2.37. The molecule has 10 heteroatoms. The van der Waals surface area contributed by atoms with E-state index in [9.17, 15) is 19.8 Å². The molecule has 1 rings (SSSR count). The van der Waals surface area contributed by atoms with Crippen LogP contribution in [0.2, 0.25) is 0 Å². The molecule has 0 bridgehead atoms. The molecule has 1 fully saturated rings. The largest absolute Gasteiger partial charge is 0.460 e.